The van der Waals surface area contributed by atoms with Crippen LogP contribution in [0.3, 0.4) is 0 Å². The van der Waals surface area contributed by atoms with Crippen molar-refractivity contribution in [2.45, 2.75) is 13.3 Å². The van der Waals surface area contributed by atoms with Gasteiger partial charge in [-0.1, -0.05) is 48.0 Å². The van der Waals surface area contributed by atoms with Crippen molar-refractivity contribution in [3.05, 3.63) is 70.7 Å². The molecule has 0 saturated heterocycles. The first-order valence-electron chi connectivity index (χ1n) is 8.79. The van der Waals surface area contributed by atoms with Gasteiger partial charge >= 0.3 is 0 Å². The Labute approximate surface area is 183 Å². The third-order valence-corrected chi connectivity index (χ3v) is 4.06. The summed E-state index contributed by atoms with van der Waals surface area (Å²) >= 11 is 6.16. The second-order valence-electron chi connectivity index (χ2n) is 5.65. The summed E-state index contributed by atoms with van der Waals surface area (Å²) in [5.41, 5.74) is 1.75. The summed E-state index contributed by atoms with van der Waals surface area (Å²) in [6.45, 7) is 4.53. The lowest BCUT2D eigenvalue weighted by Crippen LogP contribution is -2.41. The van der Waals surface area contributed by atoms with Gasteiger partial charge in [-0.05, 0) is 37.1 Å². The first-order valence-corrected chi connectivity index (χ1v) is 9.17. The number of halogens is 2. The number of benzene rings is 2. The average molecular weight is 501 g/mol. The van der Waals surface area contributed by atoms with E-state index in [-0.39, 0.29) is 29.9 Å². The van der Waals surface area contributed by atoms with Gasteiger partial charge in [-0.15, -0.1) is 24.0 Å². The van der Waals surface area contributed by atoms with Gasteiger partial charge in [0.25, 0.3) is 5.91 Å². The van der Waals surface area contributed by atoms with Crippen LogP contribution >= 0.6 is 35.6 Å². The van der Waals surface area contributed by atoms with Crippen molar-refractivity contribution in [1.82, 2.24) is 16.0 Å². The molecule has 1 amide bonds. The van der Waals surface area contributed by atoms with Crippen LogP contribution in [0.5, 0.6) is 0 Å². The highest BCUT2D eigenvalue weighted by molar-refractivity contribution is 14.0. The number of hydrogen-bond donors (Lipinski definition) is 3. The Morgan fingerprint density at radius 3 is 2.33 bits per heavy atom. The summed E-state index contributed by atoms with van der Waals surface area (Å²) in [6, 6.07) is 17.0. The maximum Gasteiger partial charge on any atom is 0.251 e. The summed E-state index contributed by atoms with van der Waals surface area (Å²) in [7, 11) is 0. The molecule has 146 valence electrons. The molecule has 0 saturated carbocycles. The molecular formula is C20H26ClIN4O. The van der Waals surface area contributed by atoms with E-state index < -0.39 is 0 Å². The van der Waals surface area contributed by atoms with Crippen LogP contribution in [0.4, 0.5) is 0 Å². The molecule has 3 N–H and O–H groups in total. The Kier molecular flexibility index (Phi) is 11.5. The molecule has 5 nitrogen and oxygen atoms in total. The van der Waals surface area contributed by atoms with Gasteiger partial charge in [0.05, 0.1) is 0 Å². The smallest absolute Gasteiger partial charge is 0.251 e. The van der Waals surface area contributed by atoms with Crippen LogP contribution in [0.2, 0.25) is 5.02 Å². The van der Waals surface area contributed by atoms with Crippen molar-refractivity contribution in [2.24, 2.45) is 4.99 Å². The topological polar surface area (TPSA) is 65.5 Å². The van der Waals surface area contributed by atoms with Crippen molar-refractivity contribution in [3.63, 3.8) is 0 Å². The molecule has 7 heteroatoms. The minimum atomic E-state index is -0.0759. The monoisotopic (exact) mass is 500 g/mol. The molecule has 2 aromatic carbocycles. The zero-order valence-electron chi connectivity index (χ0n) is 15.4. The predicted octanol–water partition coefficient (Wildman–Crippen LogP) is 3.49. The molecular weight excluding hydrogens is 475 g/mol. The van der Waals surface area contributed by atoms with E-state index in [2.05, 4.69) is 20.9 Å². The quantitative estimate of drug-likeness (QED) is 0.225. The van der Waals surface area contributed by atoms with E-state index in [4.69, 9.17) is 11.6 Å². The van der Waals surface area contributed by atoms with Crippen LogP contribution in [0, 0.1) is 0 Å². The molecule has 0 spiro atoms. The largest absolute Gasteiger partial charge is 0.357 e. The number of aliphatic imine (C=N–C) groups is 1. The minimum Gasteiger partial charge on any atom is -0.357 e. The molecule has 2 aromatic rings. The van der Waals surface area contributed by atoms with E-state index in [1.807, 2.05) is 49.4 Å². The first-order chi connectivity index (χ1) is 12.7. The number of amides is 1. The highest BCUT2D eigenvalue weighted by Crippen LogP contribution is 2.15. The fourth-order valence-electron chi connectivity index (χ4n) is 2.38. The van der Waals surface area contributed by atoms with Crippen LogP contribution in [0.1, 0.15) is 22.8 Å². The fourth-order valence-corrected chi connectivity index (χ4v) is 2.61. The van der Waals surface area contributed by atoms with E-state index in [1.54, 1.807) is 12.1 Å². The van der Waals surface area contributed by atoms with Crippen molar-refractivity contribution in [2.75, 3.05) is 26.2 Å². The Balaban J connectivity index is 0.00000364. The van der Waals surface area contributed by atoms with Crippen LogP contribution in [0.15, 0.2) is 59.6 Å². The highest BCUT2D eigenvalue weighted by atomic mass is 127. The van der Waals surface area contributed by atoms with Gasteiger partial charge in [0, 0.05) is 36.8 Å². The lowest BCUT2D eigenvalue weighted by atomic mass is 10.1. The van der Waals surface area contributed by atoms with Crippen LogP contribution in [-0.4, -0.2) is 38.0 Å². The lowest BCUT2D eigenvalue weighted by Gasteiger charge is -2.12. The Morgan fingerprint density at radius 2 is 1.63 bits per heavy atom. The molecule has 0 fully saturated rings. The summed E-state index contributed by atoms with van der Waals surface area (Å²) in [4.78, 5) is 16.5. The number of hydrogen-bond acceptors (Lipinski definition) is 2. The number of carbonyl (C=O) groups excluding carboxylic acids is 1. The number of carbonyl (C=O) groups is 1. The molecule has 2 rings (SSSR count). The molecule has 0 bridgehead atoms. The zero-order valence-corrected chi connectivity index (χ0v) is 18.5. The van der Waals surface area contributed by atoms with Gasteiger partial charge in [-0.3, -0.25) is 9.79 Å². The number of nitrogens with zero attached hydrogens (tertiary/aromatic N) is 1. The molecule has 0 atom stereocenters. The van der Waals surface area contributed by atoms with Crippen LogP contribution in [-0.2, 0) is 6.42 Å². The average Bonchev–Trinajstić information content (AvgIpc) is 2.67. The van der Waals surface area contributed by atoms with Crippen molar-refractivity contribution >= 4 is 47.4 Å². The Morgan fingerprint density at radius 1 is 0.963 bits per heavy atom. The second-order valence-corrected chi connectivity index (χ2v) is 6.06. The first kappa shape index (κ1) is 23.2. The summed E-state index contributed by atoms with van der Waals surface area (Å²) < 4.78 is 0. The van der Waals surface area contributed by atoms with E-state index >= 15 is 0 Å². The Bertz CT molecular complexity index is 725. The summed E-state index contributed by atoms with van der Waals surface area (Å²) in [5.74, 6) is 0.654. The standard InChI is InChI=1S/C20H25ClN4O.HI/c1-2-22-20(24-13-12-16-8-6-7-11-18(16)21)25-15-14-23-19(26)17-9-4-3-5-10-17;/h3-11H,2,12-15H2,1H3,(H,23,26)(H2,22,24,25);1H. The second kappa shape index (κ2) is 13.4. The fraction of sp³-hybridized carbons (Fsp3) is 0.300. The van der Waals surface area contributed by atoms with Gasteiger partial charge < -0.3 is 16.0 Å². The van der Waals surface area contributed by atoms with E-state index in [0.717, 1.165) is 29.5 Å². The van der Waals surface area contributed by atoms with Crippen molar-refractivity contribution in [1.29, 1.82) is 0 Å². The third-order valence-electron chi connectivity index (χ3n) is 3.69. The zero-order chi connectivity index (χ0) is 18.6. The minimum absolute atomic E-state index is 0. The van der Waals surface area contributed by atoms with Gasteiger partial charge in [-0.2, -0.15) is 0 Å². The number of nitrogens with one attached hydrogen (secondary N) is 3. The summed E-state index contributed by atoms with van der Waals surface area (Å²) in [5, 5.41) is 10.1. The highest BCUT2D eigenvalue weighted by Gasteiger charge is 2.03. The molecule has 0 aliphatic rings. The maximum absolute atomic E-state index is 12.0. The summed E-state index contributed by atoms with van der Waals surface area (Å²) in [6.07, 6.45) is 0.779. The molecule has 0 unspecified atom stereocenters. The molecule has 0 heterocycles. The van der Waals surface area contributed by atoms with E-state index in [9.17, 15) is 4.79 Å². The van der Waals surface area contributed by atoms with E-state index in [1.165, 1.54) is 0 Å². The van der Waals surface area contributed by atoms with Crippen molar-refractivity contribution < 1.29 is 4.79 Å². The van der Waals surface area contributed by atoms with Gasteiger partial charge in [0.15, 0.2) is 5.96 Å². The molecule has 0 aliphatic heterocycles. The van der Waals surface area contributed by atoms with Gasteiger partial charge in [0.1, 0.15) is 0 Å². The van der Waals surface area contributed by atoms with E-state index in [0.29, 0.717) is 25.2 Å². The van der Waals surface area contributed by atoms with Gasteiger partial charge in [-0.25, -0.2) is 0 Å². The van der Waals surface area contributed by atoms with Gasteiger partial charge in [0.2, 0.25) is 0 Å². The molecule has 0 radical (unpaired) electrons. The third kappa shape index (κ3) is 8.62. The number of rotatable bonds is 8. The normalized spacial score (nSPS) is 10.7. The molecule has 0 aromatic heterocycles. The molecule has 27 heavy (non-hydrogen) atoms. The maximum atomic E-state index is 12.0. The van der Waals surface area contributed by atoms with Crippen LogP contribution in [0.25, 0.3) is 0 Å². The Hall–Kier alpha value is -1.80. The predicted molar refractivity (Wildman–Crippen MR) is 123 cm³/mol. The SMILES string of the molecule is CCNC(=NCCc1ccccc1Cl)NCCNC(=O)c1ccccc1.I. The number of guanidine groups is 1. The lowest BCUT2D eigenvalue weighted by molar-refractivity contribution is 0.0954. The van der Waals surface area contributed by atoms with Crippen LogP contribution < -0.4 is 16.0 Å². The van der Waals surface area contributed by atoms with Crippen molar-refractivity contribution in [3.8, 4) is 0 Å². The molecule has 0 aliphatic carbocycles.